The van der Waals surface area contributed by atoms with Gasteiger partial charge in [-0.05, 0) is 31.6 Å². The maximum Gasteiger partial charge on any atom is 0.341 e. The zero-order chi connectivity index (χ0) is 21.3. The third-order valence-electron chi connectivity index (χ3n) is 4.23. The van der Waals surface area contributed by atoms with E-state index in [1.54, 1.807) is 13.0 Å². The van der Waals surface area contributed by atoms with Gasteiger partial charge in [-0.15, -0.1) is 11.3 Å². The van der Waals surface area contributed by atoms with Crippen molar-refractivity contribution in [2.75, 3.05) is 18.5 Å². The Morgan fingerprint density at radius 2 is 1.73 bits per heavy atom. The van der Waals surface area contributed by atoms with E-state index in [0.717, 1.165) is 16.7 Å². The number of hydrogen-bond acceptors (Lipinski definition) is 5. The van der Waals surface area contributed by atoms with Gasteiger partial charge >= 0.3 is 5.97 Å². The van der Waals surface area contributed by atoms with Crippen molar-refractivity contribution in [2.24, 2.45) is 0 Å². The molecule has 0 bridgehead atoms. The second-order valence-electron chi connectivity index (χ2n) is 6.23. The van der Waals surface area contributed by atoms with Gasteiger partial charge in [0.1, 0.15) is 16.3 Å². The van der Waals surface area contributed by atoms with Crippen LogP contribution >= 0.6 is 11.3 Å². The standard InChI is InChI=1S/C24H23NO4S/c1-3-28-20-13-9-8-12-18(20)14-15-21(26)25-23-22(24(27)29-4-2)19(16-30-23)17-10-6-5-7-11-17/h5-16H,3-4H2,1-2H3,(H,25,26). The molecule has 0 aliphatic heterocycles. The second kappa shape index (κ2) is 10.4. The zero-order valence-corrected chi connectivity index (χ0v) is 17.7. The quantitative estimate of drug-likeness (QED) is 0.377. The van der Waals surface area contributed by atoms with Crippen molar-refractivity contribution in [2.45, 2.75) is 13.8 Å². The lowest BCUT2D eigenvalue weighted by Crippen LogP contribution is -2.12. The van der Waals surface area contributed by atoms with Crippen LogP contribution in [-0.2, 0) is 9.53 Å². The normalized spacial score (nSPS) is 10.7. The van der Waals surface area contributed by atoms with E-state index in [0.29, 0.717) is 22.9 Å². The van der Waals surface area contributed by atoms with Crippen LogP contribution in [0.2, 0.25) is 0 Å². The number of hydrogen-bond donors (Lipinski definition) is 1. The van der Waals surface area contributed by atoms with Crippen molar-refractivity contribution in [3.05, 3.63) is 77.2 Å². The van der Waals surface area contributed by atoms with Crippen molar-refractivity contribution < 1.29 is 19.1 Å². The Morgan fingerprint density at radius 3 is 2.47 bits per heavy atom. The summed E-state index contributed by atoms with van der Waals surface area (Å²) in [7, 11) is 0. The smallest absolute Gasteiger partial charge is 0.341 e. The van der Waals surface area contributed by atoms with Gasteiger partial charge in [0.25, 0.3) is 0 Å². The predicted molar refractivity (Wildman–Crippen MR) is 121 cm³/mol. The summed E-state index contributed by atoms with van der Waals surface area (Å²) in [6.07, 6.45) is 3.12. The number of thiophene rings is 1. The van der Waals surface area contributed by atoms with Gasteiger partial charge in [0.15, 0.2) is 0 Å². The van der Waals surface area contributed by atoms with Crippen LogP contribution in [0.15, 0.2) is 66.1 Å². The molecule has 154 valence electrons. The van der Waals surface area contributed by atoms with Gasteiger partial charge in [0, 0.05) is 22.6 Å². The predicted octanol–water partition coefficient (Wildman–Crippen LogP) is 5.64. The van der Waals surface area contributed by atoms with E-state index in [2.05, 4.69) is 5.32 Å². The Morgan fingerprint density at radius 1 is 1.00 bits per heavy atom. The topological polar surface area (TPSA) is 64.6 Å². The first-order chi connectivity index (χ1) is 14.6. The highest BCUT2D eigenvalue weighted by atomic mass is 32.1. The maximum atomic E-state index is 12.6. The molecule has 0 fully saturated rings. The molecule has 6 heteroatoms. The molecule has 0 aliphatic carbocycles. The Hall–Kier alpha value is -3.38. The third-order valence-corrected chi connectivity index (χ3v) is 5.12. The summed E-state index contributed by atoms with van der Waals surface area (Å²) in [6, 6.07) is 17.0. The summed E-state index contributed by atoms with van der Waals surface area (Å²) < 4.78 is 10.8. The highest BCUT2D eigenvalue weighted by molar-refractivity contribution is 7.15. The molecule has 3 rings (SSSR count). The minimum atomic E-state index is -0.460. The molecule has 1 heterocycles. The molecule has 1 N–H and O–H groups in total. The molecular formula is C24H23NO4S. The van der Waals surface area contributed by atoms with Crippen LogP contribution in [0.1, 0.15) is 29.8 Å². The van der Waals surface area contributed by atoms with Crippen LogP contribution in [0.5, 0.6) is 5.75 Å². The Balaban J connectivity index is 1.85. The molecule has 0 radical (unpaired) electrons. The summed E-state index contributed by atoms with van der Waals surface area (Å²) in [5.41, 5.74) is 2.79. The summed E-state index contributed by atoms with van der Waals surface area (Å²) in [5, 5.41) is 5.12. The third kappa shape index (κ3) is 5.15. The minimum Gasteiger partial charge on any atom is -0.493 e. The van der Waals surface area contributed by atoms with Crippen LogP contribution < -0.4 is 10.1 Å². The van der Waals surface area contributed by atoms with Gasteiger partial charge in [0.05, 0.1) is 13.2 Å². The van der Waals surface area contributed by atoms with E-state index >= 15 is 0 Å². The number of ether oxygens (including phenoxy) is 2. The summed E-state index contributed by atoms with van der Waals surface area (Å²) >= 11 is 1.30. The van der Waals surface area contributed by atoms with E-state index in [9.17, 15) is 9.59 Å². The first-order valence-corrected chi connectivity index (χ1v) is 10.6. The van der Waals surface area contributed by atoms with Crippen LogP contribution in [-0.4, -0.2) is 25.1 Å². The lowest BCUT2D eigenvalue weighted by molar-refractivity contribution is -0.111. The van der Waals surface area contributed by atoms with Crippen molar-refractivity contribution in [1.82, 2.24) is 0 Å². The van der Waals surface area contributed by atoms with Gasteiger partial charge in [-0.2, -0.15) is 0 Å². The zero-order valence-electron chi connectivity index (χ0n) is 16.9. The van der Waals surface area contributed by atoms with Crippen LogP contribution in [0, 0.1) is 0 Å². The van der Waals surface area contributed by atoms with Gasteiger partial charge in [-0.3, -0.25) is 4.79 Å². The molecule has 0 unspecified atom stereocenters. The number of benzene rings is 2. The van der Waals surface area contributed by atoms with E-state index < -0.39 is 5.97 Å². The number of carbonyl (C=O) groups is 2. The lowest BCUT2D eigenvalue weighted by Gasteiger charge is -2.08. The first kappa shape index (κ1) is 21.3. The molecule has 1 aromatic heterocycles. The number of para-hydroxylation sites is 1. The Kier molecular flexibility index (Phi) is 7.40. The molecule has 3 aromatic rings. The average molecular weight is 422 g/mol. The summed E-state index contributed by atoms with van der Waals surface area (Å²) in [4.78, 5) is 25.1. The maximum absolute atomic E-state index is 12.6. The number of esters is 1. The Bertz CT molecular complexity index is 1040. The summed E-state index contributed by atoms with van der Waals surface area (Å²) in [6.45, 7) is 4.45. The average Bonchev–Trinajstić information content (AvgIpc) is 3.17. The van der Waals surface area contributed by atoms with E-state index in [1.165, 1.54) is 17.4 Å². The molecule has 0 aliphatic rings. The molecule has 0 spiro atoms. The largest absolute Gasteiger partial charge is 0.493 e. The molecule has 0 saturated carbocycles. The molecule has 5 nitrogen and oxygen atoms in total. The molecule has 0 saturated heterocycles. The Labute approximate surface area is 180 Å². The van der Waals surface area contributed by atoms with Gasteiger partial charge in [-0.1, -0.05) is 48.5 Å². The lowest BCUT2D eigenvalue weighted by atomic mass is 10.0. The van der Waals surface area contributed by atoms with E-state index in [4.69, 9.17) is 9.47 Å². The van der Waals surface area contributed by atoms with Crippen molar-refractivity contribution >= 4 is 34.3 Å². The number of amides is 1. The van der Waals surface area contributed by atoms with Gasteiger partial charge < -0.3 is 14.8 Å². The van der Waals surface area contributed by atoms with E-state index in [-0.39, 0.29) is 12.5 Å². The number of anilines is 1. The number of nitrogens with one attached hydrogen (secondary N) is 1. The molecule has 0 atom stereocenters. The number of rotatable bonds is 8. The fourth-order valence-electron chi connectivity index (χ4n) is 2.91. The summed E-state index contributed by atoms with van der Waals surface area (Å²) in [5.74, 6) is -0.0920. The highest BCUT2D eigenvalue weighted by Crippen LogP contribution is 2.36. The van der Waals surface area contributed by atoms with Crippen LogP contribution in [0.25, 0.3) is 17.2 Å². The SMILES string of the molecule is CCOC(=O)c1c(-c2ccccc2)csc1NC(=O)C=Cc1ccccc1OCC. The monoisotopic (exact) mass is 421 g/mol. The highest BCUT2D eigenvalue weighted by Gasteiger charge is 2.22. The fraction of sp³-hybridized carbons (Fsp3) is 0.167. The molecular weight excluding hydrogens is 398 g/mol. The first-order valence-electron chi connectivity index (χ1n) is 9.69. The molecule has 2 aromatic carbocycles. The number of carbonyl (C=O) groups excluding carboxylic acids is 2. The molecule has 30 heavy (non-hydrogen) atoms. The van der Waals surface area contributed by atoms with Gasteiger partial charge in [-0.25, -0.2) is 4.79 Å². The van der Waals surface area contributed by atoms with Crippen LogP contribution in [0.4, 0.5) is 5.00 Å². The van der Waals surface area contributed by atoms with Crippen molar-refractivity contribution in [1.29, 1.82) is 0 Å². The van der Waals surface area contributed by atoms with Crippen molar-refractivity contribution in [3.8, 4) is 16.9 Å². The van der Waals surface area contributed by atoms with E-state index in [1.807, 2.05) is 66.9 Å². The van der Waals surface area contributed by atoms with Gasteiger partial charge in [0.2, 0.25) is 5.91 Å². The second-order valence-corrected chi connectivity index (χ2v) is 7.11. The molecule has 1 amide bonds. The van der Waals surface area contributed by atoms with Crippen molar-refractivity contribution in [3.63, 3.8) is 0 Å². The fourth-order valence-corrected chi connectivity index (χ4v) is 3.87. The van der Waals surface area contributed by atoms with Crippen LogP contribution in [0.3, 0.4) is 0 Å². The minimum absolute atomic E-state index is 0.254.